The molecule has 0 spiro atoms. The van der Waals surface area contributed by atoms with Crippen LogP contribution in [0.25, 0.3) is 0 Å². The monoisotopic (exact) mass is 436 g/mol. The van der Waals surface area contributed by atoms with Gasteiger partial charge in [0.05, 0.1) is 12.2 Å². The second-order valence-electron chi connectivity index (χ2n) is 5.66. The summed E-state index contributed by atoms with van der Waals surface area (Å²) in [5, 5.41) is 6.03. The molecule has 2 aromatic rings. The molecule has 26 heavy (non-hydrogen) atoms. The molecule has 7 heteroatoms. The number of hydrogen-bond donors (Lipinski definition) is 2. The fraction of sp³-hybridized carbons (Fsp3) is 0.263. The second kappa shape index (κ2) is 9.66. The van der Waals surface area contributed by atoms with E-state index in [1.807, 2.05) is 38.1 Å². The lowest BCUT2D eigenvalue weighted by Crippen LogP contribution is -2.34. The number of rotatable bonds is 6. The van der Waals surface area contributed by atoms with Gasteiger partial charge in [0.1, 0.15) is 12.4 Å². The highest BCUT2D eigenvalue weighted by molar-refractivity contribution is 9.10. The number of carbonyl (C=O) groups excluding carboxylic acids is 1. The van der Waals surface area contributed by atoms with Crippen molar-refractivity contribution in [2.45, 2.75) is 13.8 Å². The van der Waals surface area contributed by atoms with E-state index >= 15 is 0 Å². The number of nitrogens with one attached hydrogen (secondary N) is 2. The van der Waals surface area contributed by atoms with Crippen LogP contribution in [0, 0.1) is 13.8 Å². The number of anilines is 1. The van der Waals surface area contributed by atoms with Crippen LogP contribution in [-0.4, -0.2) is 31.3 Å². The first-order chi connectivity index (χ1) is 12.4. The van der Waals surface area contributed by atoms with Gasteiger partial charge in [-0.1, -0.05) is 34.1 Å². The third kappa shape index (κ3) is 5.52. The van der Waals surface area contributed by atoms with E-state index in [4.69, 9.17) is 21.7 Å². The van der Waals surface area contributed by atoms with Gasteiger partial charge in [-0.15, -0.1) is 0 Å². The molecule has 0 saturated carbocycles. The third-order valence-corrected chi connectivity index (χ3v) is 4.38. The number of halogens is 1. The fourth-order valence-electron chi connectivity index (χ4n) is 2.37. The molecule has 0 radical (unpaired) electrons. The van der Waals surface area contributed by atoms with E-state index in [9.17, 15) is 4.79 Å². The Bertz CT molecular complexity index is 791. The minimum absolute atomic E-state index is 0.232. The van der Waals surface area contributed by atoms with E-state index in [1.165, 1.54) is 0 Å². The van der Waals surface area contributed by atoms with Crippen LogP contribution < -0.4 is 15.4 Å². The molecule has 0 heterocycles. The first-order valence-corrected chi connectivity index (χ1v) is 9.22. The molecular formula is C19H21BrN2O3S. The highest BCUT2D eigenvalue weighted by atomic mass is 79.9. The Morgan fingerprint density at radius 3 is 2.50 bits per heavy atom. The summed E-state index contributed by atoms with van der Waals surface area (Å²) >= 11 is 8.68. The lowest BCUT2D eigenvalue weighted by molar-refractivity contribution is 0.0969. The molecule has 0 fully saturated rings. The molecule has 0 atom stereocenters. The highest BCUT2D eigenvalue weighted by Crippen LogP contribution is 2.24. The van der Waals surface area contributed by atoms with Crippen molar-refractivity contribution in [3.63, 3.8) is 0 Å². The molecule has 0 saturated heterocycles. The van der Waals surface area contributed by atoms with E-state index in [-0.39, 0.29) is 11.0 Å². The Balaban J connectivity index is 2.11. The van der Waals surface area contributed by atoms with Crippen LogP contribution in [0.3, 0.4) is 0 Å². The van der Waals surface area contributed by atoms with Crippen LogP contribution in [0.2, 0.25) is 0 Å². The van der Waals surface area contributed by atoms with E-state index in [0.717, 1.165) is 21.3 Å². The molecule has 0 unspecified atom stereocenters. The summed E-state index contributed by atoms with van der Waals surface area (Å²) in [5.41, 5.74) is 3.38. The van der Waals surface area contributed by atoms with Crippen LogP contribution in [-0.2, 0) is 4.74 Å². The minimum Gasteiger partial charge on any atom is -0.490 e. The predicted octanol–water partition coefficient (Wildman–Crippen LogP) is 4.22. The largest absolute Gasteiger partial charge is 0.490 e. The average Bonchev–Trinajstić information content (AvgIpc) is 2.59. The number of para-hydroxylation sites is 1. The fourth-order valence-corrected chi connectivity index (χ4v) is 2.92. The number of ether oxygens (including phenoxy) is 2. The normalized spacial score (nSPS) is 10.3. The molecular weight excluding hydrogens is 416 g/mol. The summed E-state index contributed by atoms with van der Waals surface area (Å²) in [6.45, 7) is 4.75. The van der Waals surface area contributed by atoms with E-state index in [1.54, 1.807) is 19.2 Å². The number of carbonyl (C=O) groups is 1. The predicted molar refractivity (Wildman–Crippen MR) is 111 cm³/mol. The lowest BCUT2D eigenvalue weighted by atomic mass is 10.1. The molecule has 5 nitrogen and oxygen atoms in total. The van der Waals surface area contributed by atoms with E-state index < -0.39 is 0 Å². The maximum atomic E-state index is 12.7. The molecule has 1 amide bonds. The highest BCUT2D eigenvalue weighted by Gasteiger charge is 2.15. The maximum absolute atomic E-state index is 12.7. The third-order valence-electron chi connectivity index (χ3n) is 3.68. The zero-order valence-electron chi connectivity index (χ0n) is 14.9. The van der Waals surface area contributed by atoms with Gasteiger partial charge < -0.3 is 14.8 Å². The van der Waals surface area contributed by atoms with Crippen molar-refractivity contribution in [1.29, 1.82) is 0 Å². The number of methoxy groups -OCH3 is 1. The number of benzene rings is 2. The number of hydrogen-bond acceptors (Lipinski definition) is 4. The number of thiocarbonyl (C=S) groups is 1. The molecule has 0 bridgehead atoms. The topological polar surface area (TPSA) is 59.6 Å². The first-order valence-electron chi connectivity index (χ1n) is 8.02. The van der Waals surface area contributed by atoms with E-state index in [2.05, 4.69) is 26.6 Å². The zero-order valence-corrected chi connectivity index (χ0v) is 17.3. The van der Waals surface area contributed by atoms with Gasteiger partial charge in [-0.25, -0.2) is 0 Å². The first kappa shape index (κ1) is 20.4. The van der Waals surface area contributed by atoms with Crippen molar-refractivity contribution in [2.24, 2.45) is 0 Å². The van der Waals surface area contributed by atoms with Gasteiger partial charge in [0.15, 0.2) is 5.11 Å². The van der Waals surface area contributed by atoms with Crippen molar-refractivity contribution in [3.8, 4) is 5.75 Å². The average molecular weight is 437 g/mol. The second-order valence-corrected chi connectivity index (χ2v) is 6.98. The van der Waals surface area contributed by atoms with Crippen LogP contribution >= 0.6 is 28.1 Å². The zero-order chi connectivity index (χ0) is 19.1. The quantitative estimate of drug-likeness (QED) is 0.524. The summed E-state index contributed by atoms with van der Waals surface area (Å²) in [6, 6.07) is 11.2. The molecule has 2 rings (SSSR count). The minimum atomic E-state index is -0.345. The standard InChI is InChI=1S/C19H21BrN2O3S/c1-12-5-4-6-13(2)17(12)21-19(26)22-18(23)15-11-14(20)7-8-16(15)25-10-9-24-3/h4-8,11H,9-10H2,1-3H3,(H2,21,22,23,26). The summed E-state index contributed by atoms with van der Waals surface area (Å²) in [5.74, 6) is 0.125. The van der Waals surface area contributed by atoms with Gasteiger partial charge >= 0.3 is 0 Å². The Labute approximate surface area is 167 Å². The summed E-state index contributed by atoms with van der Waals surface area (Å²) in [7, 11) is 1.59. The SMILES string of the molecule is COCCOc1ccc(Br)cc1C(=O)NC(=S)Nc1c(C)cccc1C. The molecule has 2 aromatic carbocycles. The molecule has 0 aliphatic heterocycles. The lowest BCUT2D eigenvalue weighted by Gasteiger charge is -2.15. The van der Waals surface area contributed by atoms with Crippen molar-refractivity contribution in [1.82, 2.24) is 5.32 Å². The smallest absolute Gasteiger partial charge is 0.261 e. The Kier molecular flexibility index (Phi) is 7.56. The molecule has 0 aliphatic carbocycles. The number of amides is 1. The van der Waals surface area contributed by atoms with Crippen molar-refractivity contribution >= 4 is 44.9 Å². The Hall–Kier alpha value is -1.96. The van der Waals surface area contributed by atoms with Crippen LogP contribution in [0.15, 0.2) is 40.9 Å². The Morgan fingerprint density at radius 1 is 1.15 bits per heavy atom. The van der Waals surface area contributed by atoms with Gasteiger partial charge in [0.2, 0.25) is 0 Å². The molecule has 0 aromatic heterocycles. The summed E-state index contributed by atoms with van der Waals surface area (Å²) in [4.78, 5) is 12.7. The van der Waals surface area contributed by atoms with Crippen molar-refractivity contribution < 1.29 is 14.3 Å². The van der Waals surface area contributed by atoms with Gasteiger partial charge in [0.25, 0.3) is 5.91 Å². The summed E-state index contributed by atoms with van der Waals surface area (Å²) < 4.78 is 11.4. The summed E-state index contributed by atoms with van der Waals surface area (Å²) in [6.07, 6.45) is 0. The Morgan fingerprint density at radius 2 is 1.85 bits per heavy atom. The van der Waals surface area contributed by atoms with Crippen LogP contribution in [0.4, 0.5) is 5.69 Å². The molecule has 0 aliphatic rings. The van der Waals surface area contributed by atoms with Gasteiger partial charge in [-0.3, -0.25) is 10.1 Å². The number of aryl methyl sites for hydroxylation is 2. The maximum Gasteiger partial charge on any atom is 0.261 e. The van der Waals surface area contributed by atoms with Gasteiger partial charge in [-0.2, -0.15) is 0 Å². The van der Waals surface area contributed by atoms with Gasteiger partial charge in [-0.05, 0) is 55.4 Å². The van der Waals surface area contributed by atoms with E-state index in [0.29, 0.717) is 24.5 Å². The molecule has 2 N–H and O–H groups in total. The van der Waals surface area contributed by atoms with Crippen LogP contribution in [0.1, 0.15) is 21.5 Å². The molecule has 138 valence electrons. The van der Waals surface area contributed by atoms with Crippen LogP contribution in [0.5, 0.6) is 5.75 Å². The van der Waals surface area contributed by atoms with Crippen molar-refractivity contribution in [2.75, 3.05) is 25.6 Å². The van der Waals surface area contributed by atoms with Crippen molar-refractivity contribution in [3.05, 3.63) is 57.6 Å². The van der Waals surface area contributed by atoms with Gasteiger partial charge in [0, 0.05) is 17.3 Å².